The van der Waals surface area contributed by atoms with Crippen molar-refractivity contribution < 1.29 is 24.2 Å². The zero-order valence-corrected chi connectivity index (χ0v) is 30.6. The minimum atomic E-state index is -0.788. The highest BCUT2D eigenvalue weighted by Gasteiger charge is 2.15. The summed E-state index contributed by atoms with van der Waals surface area (Å²) in [6, 6.07) is 0. The lowest BCUT2D eigenvalue weighted by atomic mass is 10.0. The van der Waals surface area contributed by atoms with E-state index in [0.29, 0.717) is 12.8 Å². The van der Waals surface area contributed by atoms with Gasteiger partial charge >= 0.3 is 11.9 Å². The maximum atomic E-state index is 12.2. The molecule has 5 nitrogen and oxygen atoms in total. The fourth-order valence-corrected chi connectivity index (χ4v) is 5.73. The maximum absolute atomic E-state index is 12.2. The number of hydrogen-bond acceptors (Lipinski definition) is 5. The second-order valence-corrected chi connectivity index (χ2v) is 13.4. The summed E-state index contributed by atoms with van der Waals surface area (Å²) >= 11 is 0. The fraction of sp³-hybridized carbons (Fsp3) is 0.854. The van der Waals surface area contributed by atoms with Gasteiger partial charge in [-0.05, 0) is 32.1 Å². The molecule has 0 aromatic rings. The number of aliphatic hydroxyl groups is 1. The molecule has 0 bridgehead atoms. The van der Waals surface area contributed by atoms with Crippen molar-refractivity contribution in [3.63, 3.8) is 0 Å². The van der Waals surface area contributed by atoms with Crippen LogP contribution in [0.1, 0.15) is 206 Å². The molecule has 0 fully saturated rings. The number of unbranched alkanes of at least 4 members (excludes halogenated alkanes) is 24. The van der Waals surface area contributed by atoms with Crippen LogP contribution in [0.25, 0.3) is 0 Å². The highest BCUT2D eigenvalue weighted by Crippen LogP contribution is 2.15. The minimum absolute atomic E-state index is 0.0921. The van der Waals surface area contributed by atoms with Crippen molar-refractivity contribution in [1.82, 2.24) is 0 Å². The van der Waals surface area contributed by atoms with Crippen LogP contribution in [0.5, 0.6) is 0 Å². The number of esters is 2. The molecule has 0 aliphatic heterocycles. The molecule has 5 heteroatoms. The van der Waals surface area contributed by atoms with Gasteiger partial charge in [0.15, 0.2) is 6.10 Å². The Morgan fingerprint density at radius 3 is 1.37 bits per heavy atom. The Morgan fingerprint density at radius 2 is 0.913 bits per heavy atom. The predicted molar refractivity (Wildman–Crippen MR) is 196 cm³/mol. The van der Waals surface area contributed by atoms with Gasteiger partial charge in [-0.1, -0.05) is 186 Å². The van der Waals surface area contributed by atoms with Gasteiger partial charge in [-0.2, -0.15) is 0 Å². The first-order valence-corrected chi connectivity index (χ1v) is 19.9. The third-order valence-electron chi connectivity index (χ3n) is 8.76. The molecule has 0 radical (unpaired) electrons. The van der Waals surface area contributed by atoms with Crippen LogP contribution in [0.2, 0.25) is 0 Å². The molecule has 1 unspecified atom stereocenters. The fourth-order valence-electron chi connectivity index (χ4n) is 5.73. The second-order valence-electron chi connectivity index (χ2n) is 13.4. The van der Waals surface area contributed by atoms with E-state index in [9.17, 15) is 14.7 Å². The molecule has 0 aliphatic rings. The van der Waals surface area contributed by atoms with Crippen LogP contribution in [0, 0.1) is 0 Å². The first-order chi connectivity index (χ1) is 22.6. The van der Waals surface area contributed by atoms with Gasteiger partial charge in [-0.25, -0.2) is 0 Å². The van der Waals surface area contributed by atoms with E-state index in [1.165, 1.54) is 141 Å². The van der Waals surface area contributed by atoms with Gasteiger partial charge in [0.2, 0.25) is 0 Å². The molecule has 1 N–H and O–H groups in total. The van der Waals surface area contributed by atoms with Crippen molar-refractivity contribution in [3.8, 4) is 0 Å². The third-order valence-corrected chi connectivity index (χ3v) is 8.76. The van der Waals surface area contributed by atoms with Crippen molar-refractivity contribution in [3.05, 3.63) is 24.3 Å². The Balaban J connectivity index is 3.56. The van der Waals surface area contributed by atoms with E-state index >= 15 is 0 Å². The highest BCUT2D eigenvalue weighted by atomic mass is 16.6. The van der Waals surface area contributed by atoms with E-state index < -0.39 is 6.10 Å². The lowest BCUT2D eigenvalue weighted by molar-refractivity contribution is -0.161. The summed E-state index contributed by atoms with van der Waals surface area (Å²) in [7, 11) is 0. The topological polar surface area (TPSA) is 72.8 Å². The molecule has 0 heterocycles. The Morgan fingerprint density at radius 1 is 0.500 bits per heavy atom. The maximum Gasteiger partial charge on any atom is 0.306 e. The smallest absolute Gasteiger partial charge is 0.306 e. The van der Waals surface area contributed by atoms with E-state index in [1.807, 2.05) is 6.08 Å². The van der Waals surface area contributed by atoms with E-state index in [2.05, 4.69) is 32.1 Å². The van der Waals surface area contributed by atoms with Gasteiger partial charge in [0.1, 0.15) is 6.61 Å². The molecule has 0 aliphatic carbocycles. The van der Waals surface area contributed by atoms with Crippen LogP contribution in [-0.4, -0.2) is 36.4 Å². The Kier molecular flexibility index (Phi) is 36.5. The molecule has 1 atom stereocenters. The van der Waals surface area contributed by atoms with Crippen molar-refractivity contribution in [2.75, 3.05) is 13.2 Å². The van der Waals surface area contributed by atoms with E-state index in [4.69, 9.17) is 9.47 Å². The summed E-state index contributed by atoms with van der Waals surface area (Å²) in [6.07, 6.45) is 44.0. The number of rotatable bonds is 36. The number of carbonyl (C=O) groups is 2. The van der Waals surface area contributed by atoms with Crippen molar-refractivity contribution >= 4 is 11.9 Å². The van der Waals surface area contributed by atoms with Gasteiger partial charge in [0.05, 0.1) is 6.61 Å². The molecule has 0 rings (SSSR count). The first kappa shape index (κ1) is 44.4. The monoisotopic (exact) mass is 649 g/mol. The Bertz CT molecular complexity index is 701. The second kappa shape index (κ2) is 37.8. The van der Waals surface area contributed by atoms with Crippen LogP contribution in [-0.2, 0) is 19.1 Å². The quantitative estimate of drug-likeness (QED) is 0.0416. The molecule has 0 saturated carbocycles. The summed E-state index contributed by atoms with van der Waals surface area (Å²) in [6.45, 7) is 4.09. The average molecular weight is 649 g/mol. The SMILES string of the molecule is CCCCCCCC/C=C/C/C=C/CCC(=O)OCC(CO)OC(=O)CCCCCCCCCCCCCCCCCCCCC. The number of hydrogen-bond donors (Lipinski definition) is 1. The number of allylic oxidation sites excluding steroid dienone is 4. The molecule has 0 spiro atoms. The van der Waals surface area contributed by atoms with Crippen molar-refractivity contribution in [2.24, 2.45) is 0 Å². The Labute approximate surface area is 285 Å². The van der Waals surface area contributed by atoms with Gasteiger partial charge < -0.3 is 14.6 Å². The number of carbonyl (C=O) groups excluding carboxylic acids is 2. The van der Waals surface area contributed by atoms with Gasteiger partial charge in [0.25, 0.3) is 0 Å². The molecule has 0 amide bonds. The molecular weight excluding hydrogens is 572 g/mol. The number of ether oxygens (including phenoxy) is 2. The molecule has 0 aromatic carbocycles. The zero-order chi connectivity index (χ0) is 33.6. The van der Waals surface area contributed by atoms with Gasteiger partial charge in [-0.15, -0.1) is 0 Å². The van der Waals surface area contributed by atoms with E-state index in [-0.39, 0.29) is 31.6 Å². The predicted octanol–water partition coefficient (Wildman–Crippen LogP) is 12.3. The van der Waals surface area contributed by atoms with Crippen LogP contribution >= 0.6 is 0 Å². The Hall–Kier alpha value is -1.62. The van der Waals surface area contributed by atoms with Gasteiger partial charge in [0, 0.05) is 12.8 Å². The third kappa shape index (κ3) is 35.2. The normalized spacial score (nSPS) is 12.3. The molecule has 0 aromatic heterocycles. The summed E-state index contributed by atoms with van der Waals surface area (Å²) in [5.41, 5.74) is 0. The largest absolute Gasteiger partial charge is 0.462 e. The van der Waals surface area contributed by atoms with Gasteiger partial charge in [-0.3, -0.25) is 9.59 Å². The summed E-state index contributed by atoms with van der Waals surface area (Å²) in [4.78, 5) is 24.2. The summed E-state index contributed by atoms with van der Waals surface area (Å²) < 4.78 is 10.5. The van der Waals surface area contributed by atoms with Crippen LogP contribution < -0.4 is 0 Å². The molecule has 0 saturated heterocycles. The first-order valence-electron chi connectivity index (χ1n) is 19.9. The van der Waals surface area contributed by atoms with Crippen LogP contribution in [0.3, 0.4) is 0 Å². The van der Waals surface area contributed by atoms with E-state index in [0.717, 1.165) is 32.1 Å². The van der Waals surface area contributed by atoms with Crippen molar-refractivity contribution in [1.29, 1.82) is 0 Å². The van der Waals surface area contributed by atoms with E-state index in [1.54, 1.807) is 0 Å². The minimum Gasteiger partial charge on any atom is -0.462 e. The molecule has 46 heavy (non-hydrogen) atoms. The highest BCUT2D eigenvalue weighted by molar-refractivity contribution is 5.70. The van der Waals surface area contributed by atoms with Crippen LogP contribution in [0.4, 0.5) is 0 Å². The lowest BCUT2D eigenvalue weighted by Crippen LogP contribution is -2.28. The average Bonchev–Trinajstić information content (AvgIpc) is 3.06. The summed E-state index contributed by atoms with van der Waals surface area (Å²) in [5, 5.41) is 9.53. The van der Waals surface area contributed by atoms with Crippen molar-refractivity contribution in [2.45, 2.75) is 213 Å². The van der Waals surface area contributed by atoms with Crippen LogP contribution in [0.15, 0.2) is 24.3 Å². The standard InChI is InChI=1S/C41H76O5/c1-3-5-7-9-11-13-15-17-18-19-20-21-22-24-26-28-30-32-34-36-41(44)46-39(37-42)38-45-40(43)35-33-31-29-27-25-23-16-14-12-10-8-6-4-2/h23,25,29,31,39,42H,3-22,24,26-28,30,32-38H2,1-2H3/b25-23+,31-29+. The molecular formula is C41H76O5. The summed E-state index contributed by atoms with van der Waals surface area (Å²) in [5.74, 6) is -0.661. The number of aliphatic hydroxyl groups excluding tert-OH is 1. The lowest BCUT2D eigenvalue weighted by Gasteiger charge is -2.15. The molecule has 270 valence electrons. The zero-order valence-electron chi connectivity index (χ0n) is 30.6.